The number of benzene rings is 2. The number of nitro benzene ring substituents is 1. The Labute approximate surface area is 261 Å². The molecule has 1 aliphatic heterocycles. The number of methoxy groups -OCH3 is 2. The molecule has 228 valence electrons. The lowest BCUT2D eigenvalue weighted by Crippen LogP contribution is -2.43. The van der Waals surface area contributed by atoms with Gasteiger partial charge in [-0.15, -0.1) is 0 Å². The minimum atomic E-state index is -0.836. The summed E-state index contributed by atoms with van der Waals surface area (Å²) in [6.45, 7) is 6.53. The highest BCUT2D eigenvalue weighted by Crippen LogP contribution is 2.38. The molecule has 0 saturated heterocycles. The number of rotatable bonds is 9. The number of ether oxygens (including phenoxy) is 2. The number of carbonyl (C=O) groups excluding carboxylic acids is 1. The second-order valence-electron chi connectivity index (χ2n) is 9.79. The maximum atomic E-state index is 14.1. The number of amides is 1. The fraction of sp³-hybridized carbons (Fsp3) is 0.258. The Kier molecular flexibility index (Phi) is 8.75. The second-order valence-corrected chi connectivity index (χ2v) is 11.2. The highest BCUT2D eigenvalue weighted by Gasteiger charge is 2.36. The van der Waals surface area contributed by atoms with Crippen LogP contribution in [0.1, 0.15) is 38.1 Å². The zero-order chi connectivity index (χ0) is 31.7. The average Bonchev–Trinajstić information content (AvgIpc) is 3.60. The quantitative estimate of drug-likeness (QED) is 0.188. The van der Waals surface area contributed by atoms with E-state index in [1.807, 2.05) is 13.8 Å². The summed E-state index contributed by atoms with van der Waals surface area (Å²) in [4.78, 5) is 45.4. The molecule has 44 heavy (non-hydrogen) atoms. The molecule has 0 unspecified atom stereocenters. The SMILES string of the molecule is CCN(CC)C(=O)C1=C(C)N=c2s/c(=C/c3ccc(-c4ccc([N+](=O)[O-])cc4Cl)o3)c(=O)n2[C@@H]1c1cc(OC)ccc1OC. The van der Waals surface area contributed by atoms with Crippen LogP contribution in [-0.2, 0) is 4.79 Å². The van der Waals surface area contributed by atoms with E-state index < -0.39 is 11.0 Å². The fourth-order valence-corrected chi connectivity index (χ4v) is 6.44. The zero-order valence-corrected chi connectivity index (χ0v) is 26.2. The monoisotopic (exact) mass is 636 g/mol. The van der Waals surface area contributed by atoms with Crippen LogP contribution in [0.2, 0.25) is 5.02 Å². The van der Waals surface area contributed by atoms with Crippen molar-refractivity contribution in [1.29, 1.82) is 0 Å². The van der Waals surface area contributed by atoms with E-state index in [1.165, 1.54) is 41.2 Å². The van der Waals surface area contributed by atoms with E-state index in [0.29, 0.717) is 67.8 Å². The Morgan fingerprint density at radius 3 is 2.55 bits per heavy atom. The van der Waals surface area contributed by atoms with Crippen LogP contribution >= 0.6 is 22.9 Å². The van der Waals surface area contributed by atoms with Crippen LogP contribution in [0, 0.1) is 10.1 Å². The van der Waals surface area contributed by atoms with E-state index in [2.05, 4.69) is 0 Å². The molecule has 2 aromatic heterocycles. The summed E-state index contributed by atoms with van der Waals surface area (Å²) < 4.78 is 19.0. The van der Waals surface area contributed by atoms with Crippen molar-refractivity contribution < 1.29 is 23.6 Å². The van der Waals surface area contributed by atoms with Gasteiger partial charge in [-0.2, -0.15) is 0 Å². The maximum Gasteiger partial charge on any atom is 0.271 e. The first-order valence-corrected chi connectivity index (χ1v) is 14.9. The van der Waals surface area contributed by atoms with Gasteiger partial charge in [0.25, 0.3) is 17.2 Å². The van der Waals surface area contributed by atoms with E-state index in [1.54, 1.807) is 55.3 Å². The summed E-state index contributed by atoms with van der Waals surface area (Å²) in [5, 5.41) is 11.2. The molecule has 4 aromatic rings. The number of halogens is 1. The van der Waals surface area contributed by atoms with Crippen molar-refractivity contribution in [3.63, 3.8) is 0 Å². The van der Waals surface area contributed by atoms with Gasteiger partial charge in [0, 0.05) is 42.4 Å². The van der Waals surface area contributed by atoms with Gasteiger partial charge in [0.15, 0.2) is 4.80 Å². The minimum Gasteiger partial charge on any atom is -0.497 e. The fourth-order valence-electron chi connectivity index (χ4n) is 5.15. The van der Waals surface area contributed by atoms with E-state index >= 15 is 0 Å². The normalized spacial score (nSPS) is 14.7. The van der Waals surface area contributed by atoms with Crippen molar-refractivity contribution >= 4 is 40.6 Å². The topological polar surface area (TPSA) is 129 Å². The third-order valence-corrected chi connectivity index (χ3v) is 8.66. The van der Waals surface area contributed by atoms with Crippen LogP contribution < -0.4 is 24.4 Å². The van der Waals surface area contributed by atoms with Crippen LogP contribution in [0.3, 0.4) is 0 Å². The molecular weight excluding hydrogens is 608 g/mol. The van der Waals surface area contributed by atoms with Gasteiger partial charge < -0.3 is 18.8 Å². The predicted octanol–water partition coefficient (Wildman–Crippen LogP) is 4.94. The molecule has 13 heteroatoms. The van der Waals surface area contributed by atoms with E-state index in [4.69, 9.17) is 30.5 Å². The molecule has 0 spiro atoms. The molecule has 0 radical (unpaired) electrons. The summed E-state index contributed by atoms with van der Waals surface area (Å²) in [5.74, 6) is 1.55. The number of hydrogen-bond acceptors (Lipinski definition) is 9. The molecule has 1 amide bonds. The van der Waals surface area contributed by atoms with Gasteiger partial charge in [-0.05, 0) is 57.2 Å². The maximum absolute atomic E-state index is 14.1. The Morgan fingerprint density at radius 2 is 1.91 bits per heavy atom. The molecule has 11 nitrogen and oxygen atoms in total. The van der Waals surface area contributed by atoms with Gasteiger partial charge in [-0.1, -0.05) is 22.9 Å². The van der Waals surface area contributed by atoms with Gasteiger partial charge in [-0.3, -0.25) is 24.3 Å². The molecule has 0 bridgehead atoms. The molecule has 2 aromatic carbocycles. The largest absolute Gasteiger partial charge is 0.497 e. The van der Waals surface area contributed by atoms with Crippen molar-refractivity contribution in [2.45, 2.75) is 26.8 Å². The predicted molar refractivity (Wildman–Crippen MR) is 167 cm³/mol. The third kappa shape index (κ3) is 5.53. The number of aromatic nitrogens is 1. The van der Waals surface area contributed by atoms with Gasteiger partial charge in [0.1, 0.15) is 29.1 Å². The van der Waals surface area contributed by atoms with Gasteiger partial charge >= 0.3 is 0 Å². The Bertz CT molecular complexity index is 1990. The Hall–Kier alpha value is -4.68. The minimum absolute atomic E-state index is 0.136. The molecule has 1 atom stereocenters. The number of nitro groups is 1. The third-order valence-electron chi connectivity index (χ3n) is 7.36. The number of hydrogen-bond donors (Lipinski definition) is 0. The molecule has 0 saturated carbocycles. The van der Waals surface area contributed by atoms with Gasteiger partial charge in [0.05, 0.1) is 40.0 Å². The van der Waals surface area contributed by atoms with E-state index in [-0.39, 0.29) is 22.2 Å². The van der Waals surface area contributed by atoms with E-state index in [9.17, 15) is 19.7 Å². The molecule has 3 heterocycles. The second kappa shape index (κ2) is 12.5. The van der Waals surface area contributed by atoms with Crippen LogP contribution in [0.4, 0.5) is 5.69 Å². The molecule has 0 aliphatic carbocycles. The van der Waals surface area contributed by atoms with E-state index in [0.717, 1.165) is 0 Å². The van der Waals surface area contributed by atoms with Crippen LogP contribution in [0.5, 0.6) is 11.5 Å². The summed E-state index contributed by atoms with van der Waals surface area (Å²) in [6, 6.07) is 11.9. The van der Waals surface area contributed by atoms with Crippen LogP contribution in [0.25, 0.3) is 17.4 Å². The number of carbonyl (C=O) groups is 1. The first kappa shape index (κ1) is 30.8. The summed E-state index contributed by atoms with van der Waals surface area (Å²) in [5.41, 5.74) is 1.41. The average molecular weight is 637 g/mol. The van der Waals surface area contributed by atoms with Crippen molar-refractivity contribution in [3.8, 4) is 22.8 Å². The highest BCUT2D eigenvalue weighted by molar-refractivity contribution is 7.07. The zero-order valence-electron chi connectivity index (χ0n) is 24.6. The standard InChI is InChI=1S/C31H29ClN4O7S/c1-6-34(7-2)30(38)27-17(3)33-31-35(28(27)22-15-19(41-4)9-12-24(22)42-5)29(37)26(44-31)16-20-10-13-25(43-20)21-11-8-18(36(39)40)14-23(21)32/h8-16,28H,6-7H2,1-5H3/b26-16+/t28-/m1/s1. The van der Waals surface area contributed by atoms with Gasteiger partial charge in [-0.25, -0.2) is 4.99 Å². The highest BCUT2D eigenvalue weighted by atomic mass is 35.5. The molecular formula is C31H29ClN4O7S. The number of fused-ring (bicyclic) bond motifs is 1. The lowest BCUT2D eigenvalue weighted by Gasteiger charge is -2.30. The number of likely N-dealkylation sites (N-methyl/N-ethyl adjacent to an activating group) is 1. The van der Waals surface area contributed by atoms with Crippen LogP contribution in [0.15, 0.2) is 74.0 Å². The lowest BCUT2D eigenvalue weighted by atomic mass is 9.93. The molecule has 1 aliphatic rings. The summed E-state index contributed by atoms with van der Waals surface area (Å²) in [6.07, 6.45) is 1.59. The number of nitrogens with zero attached hydrogens (tertiary/aromatic N) is 4. The van der Waals surface area contributed by atoms with Crippen LogP contribution in [-0.4, -0.2) is 47.6 Å². The number of allylic oxidation sites excluding steroid dienone is 1. The Balaban J connectivity index is 1.67. The molecule has 0 N–H and O–H groups in total. The van der Waals surface area contributed by atoms with Crippen molar-refractivity contribution in [2.24, 2.45) is 4.99 Å². The summed E-state index contributed by atoms with van der Waals surface area (Å²) in [7, 11) is 3.07. The first-order valence-electron chi connectivity index (χ1n) is 13.7. The van der Waals surface area contributed by atoms with Crippen molar-refractivity contribution in [2.75, 3.05) is 27.3 Å². The number of non-ortho nitro benzene ring substituents is 1. The van der Waals surface area contributed by atoms with Gasteiger partial charge in [0.2, 0.25) is 0 Å². The molecule has 0 fully saturated rings. The molecule has 5 rings (SSSR count). The Morgan fingerprint density at radius 1 is 1.16 bits per heavy atom. The summed E-state index contributed by atoms with van der Waals surface area (Å²) >= 11 is 7.46. The first-order chi connectivity index (χ1) is 21.1. The van der Waals surface area contributed by atoms with Crippen molar-refractivity contribution in [1.82, 2.24) is 9.47 Å². The number of furan rings is 1. The smallest absolute Gasteiger partial charge is 0.271 e. The van der Waals surface area contributed by atoms with Crippen molar-refractivity contribution in [3.05, 3.63) is 106 Å². The number of thiazole rings is 1. The lowest BCUT2D eigenvalue weighted by molar-refractivity contribution is -0.384.